The Balaban J connectivity index is 1.72. The number of pyridine rings is 1. The van der Waals surface area contributed by atoms with Gasteiger partial charge >= 0.3 is 0 Å². The summed E-state index contributed by atoms with van der Waals surface area (Å²) in [5, 5.41) is 11.3. The SMILES string of the molecule is COc1ccc(OC)c(Nc2nncc(N(C)CCc3ccncc3)n2)c1. The van der Waals surface area contributed by atoms with Crippen LogP contribution < -0.4 is 19.7 Å². The Morgan fingerprint density at radius 1 is 1.07 bits per heavy atom. The van der Waals surface area contributed by atoms with Gasteiger partial charge in [-0.05, 0) is 36.2 Å². The fraction of sp³-hybridized carbons (Fsp3) is 0.263. The van der Waals surface area contributed by atoms with Crippen molar-refractivity contribution in [1.29, 1.82) is 0 Å². The minimum absolute atomic E-state index is 0.384. The third-order valence-electron chi connectivity index (χ3n) is 4.08. The van der Waals surface area contributed by atoms with Crippen LogP contribution in [0, 0.1) is 0 Å². The highest BCUT2D eigenvalue weighted by Gasteiger charge is 2.10. The number of rotatable bonds is 8. The van der Waals surface area contributed by atoms with Gasteiger partial charge in [0.05, 0.1) is 26.1 Å². The lowest BCUT2D eigenvalue weighted by Crippen LogP contribution is -2.22. The molecule has 140 valence electrons. The first-order valence-electron chi connectivity index (χ1n) is 8.48. The molecule has 1 N–H and O–H groups in total. The molecule has 3 rings (SSSR count). The molecule has 0 fully saturated rings. The summed E-state index contributed by atoms with van der Waals surface area (Å²) in [6, 6.07) is 9.48. The Hall–Kier alpha value is -3.42. The summed E-state index contributed by atoms with van der Waals surface area (Å²) in [7, 11) is 5.19. The van der Waals surface area contributed by atoms with E-state index in [-0.39, 0.29) is 0 Å². The number of hydrogen-bond acceptors (Lipinski definition) is 8. The minimum Gasteiger partial charge on any atom is -0.497 e. The van der Waals surface area contributed by atoms with Crippen molar-refractivity contribution in [2.45, 2.75) is 6.42 Å². The number of nitrogens with zero attached hydrogens (tertiary/aromatic N) is 5. The van der Waals surface area contributed by atoms with Crippen LogP contribution in [0.15, 0.2) is 48.9 Å². The van der Waals surface area contributed by atoms with Crippen LogP contribution in [-0.4, -0.2) is 48.0 Å². The van der Waals surface area contributed by atoms with Crippen LogP contribution in [0.2, 0.25) is 0 Å². The molecule has 0 aliphatic heterocycles. The van der Waals surface area contributed by atoms with Crippen LogP contribution in [0.5, 0.6) is 11.5 Å². The van der Waals surface area contributed by atoms with Gasteiger partial charge in [0, 0.05) is 32.1 Å². The molecule has 0 saturated carbocycles. The molecule has 0 spiro atoms. The molecule has 0 unspecified atom stereocenters. The predicted molar refractivity (Wildman–Crippen MR) is 104 cm³/mol. The van der Waals surface area contributed by atoms with Crippen molar-refractivity contribution in [1.82, 2.24) is 20.2 Å². The average Bonchev–Trinajstić information content (AvgIpc) is 2.73. The van der Waals surface area contributed by atoms with E-state index in [1.807, 2.05) is 42.3 Å². The summed E-state index contributed by atoms with van der Waals surface area (Å²) in [5.41, 5.74) is 1.92. The van der Waals surface area contributed by atoms with Gasteiger partial charge in [-0.2, -0.15) is 10.1 Å². The van der Waals surface area contributed by atoms with Gasteiger partial charge < -0.3 is 19.7 Å². The zero-order chi connectivity index (χ0) is 19.1. The molecule has 0 aliphatic carbocycles. The largest absolute Gasteiger partial charge is 0.497 e. The van der Waals surface area contributed by atoms with Crippen LogP contribution in [0.3, 0.4) is 0 Å². The van der Waals surface area contributed by atoms with Crippen LogP contribution in [0.4, 0.5) is 17.5 Å². The molecule has 8 heteroatoms. The zero-order valence-corrected chi connectivity index (χ0v) is 15.6. The molecule has 0 radical (unpaired) electrons. The predicted octanol–water partition coefficient (Wildman–Crippen LogP) is 2.71. The van der Waals surface area contributed by atoms with Gasteiger partial charge in [-0.15, -0.1) is 5.10 Å². The van der Waals surface area contributed by atoms with Gasteiger partial charge in [0.25, 0.3) is 0 Å². The lowest BCUT2D eigenvalue weighted by Gasteiger charge is -2.18. The molecular formula is C19H22N6O2. The summed E-state index contributed by atoms with van der Waals surface area (Å²) in [5.74, 6) is 2.48. The molecule has 1 aromatic carbocycles. The topological polar surface area (TPSA) is 85.3 Å². The number of aromatic nitrogens is 4. The zero-order valence-electron chi connectivity index (χ0n) is 15.6. The number of methoxy groups -OCH3 is 2. The van der Waals surface area contributed by atoms with Crippen molar-refractivity contribution in [2.24, 2.45) is 0 Å². The van der Waals surface area contributed by atoms with Crippen molar-refractivity contribution < 1.29 is 9.47 Å². The van der Waals surface area contributed by atoms with E-state index in [9.17, 15) is 0 Å². The first kappa shape index (κ1) is 18.4. The Morgan fingerprint density at radius 3 is 2.63 bits per heavy atom. The molecule has 0 atom stereocenters. The Labute approximate surface area is 158 Å². The van der Waals surface area contributed by atoms with E-state index in [0.717, 1.165) is 18.8 Å². The molecule has 0 aliphatic rings. The number of anilines is 3. The van der Waals surface area contributed by atoms with Gasteiger partial charge in [0.2, 0.25) is 5.95 Å². The minimum atomic E-state index is 0.384. The quantitative estimate of drug-likeness (QED) is 0.651. The van der Waals surface area contributed by atoms with Crippen molar-refractivity contribution in [2.75, 3.05) is 38.0 Å². The molecule has 0 amide bonds. The third kappa shape index (κ3) is 4.81. The maximum absolute atomic E-state index is 5.37. The van der Waals surface area contributed by atoms with Crippen molar-refractivity contribution in [3.8, 4) is 11.5 Å². The highest BCUT2D eigenvalue weighted by molar-refractivity contribution is 5.65. The van der Waals surface area contributed by atoms with Gasteiger partial charge in [-0.25, -0.2) is 0 Å². The fourth-order valence-electron chi connectivity index (χ4n) is 2.52. The summed E-state index contributed by atoms with van der Waals surface area (Å²) in [4.78, 5) is 10.6. The van der Waals surface area contributed by atoms with Crippen molar-refractivity contribution >= 4 is 17.5 Å². The average molecular weight is 366 g/mol. The molecule has 0 saturated heterocycles. The second-order valence-electron chi connectivity index (χ2n) is 5.86. The smallest absolute Gasteiger partial charge is 0.249 e. The molecule has 3 aromatic rings. The van der Waals surface area contributed by atoms with E-state index < -0.39 is 0 Å². The lowest BCUT2D eigenvalue weighted by molar-refractivity contribution is 0.405. The summed E-state index contributed by atoms with van der Waals surface area (Å²) in [6.45, 7) is 0.796. The molecule has 27 heavy (non-hydrogen) atoms. The van der Waals surface area contributed by atoms with E-state index in [1.165, 1.54) is 5.56 Å². The second kappa shape index (κ2) is 8.79. The first-order chi connectivity index (χ1) is 13.2. The summed E-state index contributed by atoms with van der Waals surface area (Å²) < 4.78 is 10.6. The van der Waals surface area contributed by atoms with Crippen LogP contribution >= 0.6 is 0 Å². The molecule has 2 aromatic heterocycles. The fourth-order valence-corrected chi connectivity index (χ4v) is 2.52. The maximum atomic E-state index is 5.37. The second-order valence-corrected chi connectivity index (χ2v) is 5.86. The van der Waals surface area contributed by atoms with Gasteiger partial charge in [-0.3, -0.25) is 4.98 Å². The third-order valence-corrected chi connectivity index (χ3v) is 4.08. The van der Waals surface area contributed by atoms with Crippen LogP contribution in [-0.2, 0) is 6.42 Å². The molecule has 2 heterocycles. The van der Waals surface area contributed by atoms with Gasteiger partial charge in [-0.1, -0.05) is 0 Å². The van der Waals surface area contributed by atoms with Gasteiger partial charge in [0.1, 0.15) is 11.5 Å². The standard InChI is InChI=1S/C19H22N6O2/c1-25(11-8-14-6-9-20-10-7-14)18-13-21-24-19(23-18)22-16-12-15(26-2)4-5-17(16)27-3/h4-7,9-10,12-13H,8,11H2,1-3H3,(H,22,23,24). The van der Waals surface area contributed by atoms with E-state index in [0.29, 0.717) is 23.1 Å². The van der Waals surface area contributed by atoms with Crippen LogP contribution in [0.1, 0.15) is 5.56 Å². The van der Waals surface area contributed by atoms with E-state index in [2.05, 4.69) is 25.5 Å². The first-order valence-corrected chi connectivity index (χ1v) is 8.48. The normalized spacial score (nSPS) is 10.3. The van der Waals surface area contributed by atoms with E-state index in [4.69, 9.17) is 9.47 Å². The summed E-state index contributed by atoms with van der Waals surface area (Å²) >= 11 is 0. The number of hydrogen-bond donors (Lipinski definition) is 1. The molecular weight excluding hydrogens is 344 g/mol. The Bertz CT molecular complexity index is 875. The number of benzene rings is 1. The van der Waals surface area contributed by atoms with E-state index >= 15 is 0 Å². The van der Waals surface area contributed by atoms with Crippen molar-refractivity contribution in [3.63, 3.8) is 0 Å². The monoisotopic (exact) mass is 366 g/mol. The number of nitrogens with one attached hydrogen (secondary N) is 1. The van der Waals surface area contributed by atoms with Crippen molar-refractivity contribution in [3.05, 3.63) is 54.5 Å². The van der Waals surface area contributed by atoms with Gasteiger partial charge in [0.15, 0.2) is 5.82 Å². The Kier molecular flexibility index (Phi) is 5.98. The number of ether oxygens (including phenoxy) is 2. The maximum Gasteiger partial charge on any atom is 0.249 e. The highest BCUT2D eigenvalue weighted by atomic mass is 16.5. The Morgan fingerprint density at radius 2 is 1.89 bits per heavy atom. The lowest BCUT2D eigenvalue weighted by atomic mass is 10.2. The highest BCUT2D eigenvalue weighted by Crippen LogP contribution is 2.30. The summed E-state index contributed by atoms with van der Waals surface area (Å²) in [6.07, 6.45) is 6.12. The molecule has 0 bridgehead atoms. The molecule has 8 nitrogen and oxygen atoms in total. The number of likely N-dealkylation sites (N-methyl/N-ethyl adjacent to an activating group) is 1. The van der Waals surface area contributed by atoms with Crippen LogP contribution in [0.25, 0.3) is 0 Å². The van der Waals surface area contributed by atoms with E-state index in [1.54, 1.807) is 32.8 Å².